The van der Waals surface area contributed by atoms with E-state index in [2.05, 4.69) is 62.4 Å². The standard InChI is InChI=1S/C15H16S2.CH4/c1-12-3-7-14(8-4-12)16-11-17-15-9-5-13(2)6-10-15;/h3-10H,11H2,1-2H3;1H4. The van der Waals surface area contributed by atoms with Gasteiger partial charge in [0.15, 0.2) is 0 Å². The Morgan fingerprint density at radius 2 is 1.00 bits per heavy atom. The van der Waals surface area contributed by atoms with Gasteiger partial charge in [0.1, 0.15) is 0 Å². The molecule has 2 aromatic carbocycles. The summed E-state index contributed by atoms with van der Waals surface area (Å²) in [6, 6.07) is 17.4. The van der Waals surface area contributed by atoms with Gasteiger partial charge in [0, 0.05) is 14.9 Å². The van der Waals surface area contributed by atoms with Crippen molar-refractivity contribution in [1.82, 2.24) is 0 Å². The van der Waals surface area contributed by atoms with Gasteiger partial charge in [0.05, 0.1) is 0 Å². The highest BCUT2D eigenvalue weighted by molar-refractivity contribution is 8.16. The molecule has 0 aromatic heterocycles. The van der Waals surface area contributed by atoms with Crippen molar-refractivity contribution in [2.24, 2.45) is 0 Å². The molecule has 18 heavy (non-hydrogen) atoms. The average molecular weight is 276 g/mol. The van der Waals surface area contributed by atoms with Crippen LogP contribution in [0.1, 0.15) is 18.6 Å². The molecule has 0 fully saturated rings. The molecule has 0 unspecified atom stereocenters. The zero-order chi connectivity index (χ0) is 12.1. The fourth-order valence-corrected chi connectivity index (χ4v) is 3.42. The van der Waals surface area contributed by atoms with Crippen LogP contribution in [0.5, 0.6) is 0 Å². The lowest BCUT2D eigenvalue weighted by atomic mass is 10.2. The van der Waals surface area contributed by atoms with Gasteiger partial charge in [0.25, 0.3) is 0 Å². The zero-order valence-electron chi connectivity index (χ0n) is 10.1. The summed E-state index contributed by atoms with van der Waals surface area (Å²) in [5.74, 6) is 0. The maximum atomic E-state index is 2.19. The molecular weight excluding hydrogens is 256 g/mol. The van der Waals surface area contributed by atoms with Gasteiger partial charge in [-0.25, -0.2) is 0 Å². The summed E-state index contributed by atoms with van der Waals surface area (Å²) in [6.45, 7) is 4.24. The number of benzene rings is 2. The van der Waals surface area contributed by atoms with Crippen molar-refractivity contribution < 1.29 is 0 Å². The molecular formula is C16H20S2. The number of hydrogen-bond acceptors (Lipinski definition) is 2. The average Bonchev–Trinajstić information content (AvgIpc) is 2.34. The second-order valence-electron chi connectivity index (χ2n) is 4.03. The second-order valence-corrected chi connectivity index (χ2v) is 6.50. The molecule has 0 saturated heterocycles. The first kappa shape index (κ1) is 15.2. The molecule has 2 aromatic rings. The Labute approximate surface area is 119 Å². The molecule has 0 heterocycles. The molecule has 0 nitrogen and oxygen atoms in total. The van der Waals surface area contributed by atoms with Crippen molar-refractivity contribution in [3.63, 3.8) is 0 Å². The molecule has 0 saturated carbocycles. The maximum absolute atomic E-state index is 2.19. The minimum Gasteiger partial charge on any atom is -0.115 e. The van der Waals surface area contributed by atoms with Gasteiger partial charge in [-0.15, -0.1) is 23.5 Å². The maximum Gasteiger partial charge on any atom is 0.0486 e. The normalized spacial score (nSPS) is 9.89. The predicted octanol–water partition coefficient (Wildman–Crippen LogP) is 5.78. The van der Waals surface area contributed by atoms with Gasteiger partial charge in [-0.1, -0.05) is 42.8 Å². The van der Waals surface area contributed by atoms with E-state index < -0.39 is 0 Å². The van der Waals surface area contributed by atoms with Gasteiger partial charge >= 0.3 is 0 Å². The van der Waals surface area contributed by atoms with E-state index in [4.69, 9.17) is 0 Å². The molecule has 0 bridgehead atoms. The molecule has 0 aliphatic rings. The highest BCUT2D eigenvalue weighted by Gasteiger charge is 1.96. The summed E-state index contributed by atoms with van der Waals surface area (Å²) >= 11 is 3.78. The smallest absolute Gasteiger partial charge is 0.0486 e. The lowest BCUT2D eigenvalue weighted by Crippen LogP contribution is -1.77. The summed E-state index contributed by atoms with van der Waals surface area (Å²) in [5, 5.41) is 1.06. The van der Waals surface area contributed by atoms with E-state index >= 15 is 0 Å². The van der Waals surface area contributed by atoms with Crippen molar-refractivity contribution in [3.05, 3.63) is 59.7 Å². The third-order valence-electron chi connectivity index (χ3n) is 2.49. The fourth-order valence-electron chi connectivity index (χ4n) is 1.43. The summed E-state index contributed by atoms with van der Waals surface area (Å²) < 4.78 is 0. The minimum absolute atomic E-state index is 0. The van der Waals surface area contributed by atoms with Crippen molar-refractivity contribution in [2.75, 3.05) is 5.08 Å². The Kier molecular flexibility index (Phi) is 6.37. The van der Waals surface area contributed by atoms with Crippen LogP contribution in [0.25, 0.3) is 0 Å². The van der Waals surface area contributed by atoms with E-state index in [1.807, 2.05) is 23.5 Å². The van der Waals surface area contributed by atoms with E-state index in [9.17, 15) is 0 Å². The Bertz CT molecular complexity index is 412. The minimum atomic E-state index is 0. The van der Waals surface area contributed by atoms with Gasteiger partial charge < -0.3 is 0 Å². The van der Waals surface area contributed by atoms with Crippen LogP contribution in [-0.4, -0.2) is 5.08 Å². The topological polar surface area (TPSA) is 0 Å². The van der Waals surface area contributed by atoms with Crippen LogP contribution >= 0.6 is 23.5 Å². The molecule has 96 valence electrons. The highest BCUT2D eigenvalue weighted by atomic mass is 32.2. The quantitative estimate of drug-likeness (QED) is 0.512. The van der Waals surface area contributed by atoms with E-state index in [1.165, 1.54) is 20.9 Å². The second kappa shape index (κ2) is 7.55. The Morgan fingerprint density at radius 1 is 0.667 bits per heavy atom. The van der Waals surface area contributed by atoms with Gasteiger partial charge in [0.2, 0.25) is 0 Å². The SMILES string of the molecule is C.Cc1ccc(SCSc2ccc(C)cc2)cc1. The lowest BCUT2D eigenvalue weighted by Gasteiger charge is -2.03. The molecule has 0 aliphatic carbocycles. The summed E-state index contributed by atoms with van der Waals surface area (Å²) in [4.78, 5) is 2.69. The van der Waals surface area contributed by atoms with Crippen LogP contribution < -0.4 is 0 Å². The fraction of sp³-hybridized carbons (Fsp3) is 0.250. The molecule has 0 N–H and O–H groups in total. The highest BCUT2D eigenvalue weighted by Crippen LogP contribution is 2.27. The monoisotopic (exact) mass is 276 g/mol. The van der Waals surface area contributed by atoms with Crippen molar-refractivity contribution in [3.8, 4) is 0 Å². The number of thioether (sulfide) groups is 2. The molecule has 0 spiro atoms. The van der Waals surface area contributed by atoms with Gasteiger partial charge in [-0.3, -0.25) is 0 Å². The van der Waals surface area contributed by atoms with Gasteiger partial charge in [-0.05, 0) is 38.1 Å². The molecule has 0 atom stereocenters. The number of rotatable bonds is 4. The van der Waals surface area contributed by atoms with E-state index in [0.717, 1.165) is 5.08 Å². The summed E-state index contributed by atoms with van der Waals surface area (Å²) in [6.07, 6.45) is 0. The Balaban J connectivity index is 0.00000162. The van der Waals surface area contributed by atoms with Crippen LogP contribution in [0.2, 0.25) is 0 Å². The van der Waals surface area contributed by atoms with E-state index in [0.29, 0.717) is 0 Å². The Hall–Kier alpha value is -0.860. The van der Waals surface area contributed by atoms with Gasteiger partial charge in [-0.2, -0.15) is 0 Å². The first-order chi connectivity index (χ1) is 8.24. The predicted molar refractivity (Wildman–Crippen MR) is 85.7 cm³/mol. The molecule has 2 heteroatoms. The molecule has 0 aliphatic heterocycles. The summed E-state index contributed by atoms with van der Waals surface area (Å²) in [7, 11) is 0. The van der Waals surface area contributed by atoms with Crippen molar-refractivity contribution >= 4 is 23.5 Å². The number of hydrogen-bond donors (Lipinski definition) is 0. The van der Waals surface area contributed by atoms with E-state index in [1.54, 1.807) is 0 Å². The van der Waals surface area contributed by atoms with Crippen LogP contribution in [0, 0.1) is 13.8 Å². The first-order valence-electron chi connectivity index (χ1n) is 5.63. The van der Waals surface area contributed by atoms with Crippen LogP contribution in [-0.2, 0) is 0 Å². The van der Waals surface area contributed by atoms with Crippen LogP contribution in [0.15, 0.2) is 58.3 Å². The largest absolute Gasteiger partial charge is 0.115 e. The third-order valence-corrected chi connectivity index (χ3v) is 4.65. The molecule has 0 radical (unpaired) electrons. The zero-order valence-corrected chi connectivity index (χ0v) is 11.8. The first-order valence-corrected chi connectivity index (χ1v) is 7.60. The van der Waals surface area contributed by atoms with Crippen molar-refractivity contribution in [2.45, 2.75) is 31.1 Å². The lowest BCUT2D eigenvalue weighted by molar-refractivity contribution is 1.37. The van der Waals surface area contributed by atoms with Crippen molar-refractivity contribution in [1.29, 1.82) is 0 Å². The summed E-state index contributed by atoms with van der Waals surface area (Å²) in [5.41, 5.74) is 2.64. The van der Waals surface area contributed by atoms with Crippen LogP contribution in [0.4, 0.5) is 0 Å². The van der Waals surface area contributed by atoms with Crippen LogP contribution in [0.3, 0.4) is 0 Å². The molecule has 0 amide bonds. The third kappa shape index (κ3) is 4.79. The Morgan fingerprint density at radius 3 is 1.33 bits per heavy atom. The number of aryl methyl sites for hydroxylation is 2. The molecule has 2 rings (SSSR count). The van der Waals surface area contributed by atoms with E-state index in [-0.39, 0.29) is 7.43 Å².